The Labute approximate surface area is 121 Å². The van der Waals surface area contributed by atoms with Gasteiger partial charge in [-0.2, -0.15) is 0 Å². The Bertz CT molecular complexity index is 712. The van der Waals surface area contributed by atoms with Gasteiger partial charge < -0.3 is 4.42 Å². The predicted molar refractivity (Wildman–Crippen MR) is 76.4 cm³/mol. The van der Waals surface area contributed by atoms with Gasteiger partial charge in [0.05, 0.1) is 0 Å². The van der Waals surface area contributed by atoms with E-state index in [0.717, 1.165) is 11.3 Å². The molecule has 4 nitrogen and oxygen atoms in total. The van der Waals surface area contributed by atoms with Crippen molar-refractivity contribution in [2.75, 3.05) is 0 Å². The van der Waals surface area contributed by atoms with Crippen LogP contribution in [-0.4, -0.2) is 15.2 Å². The van der Waals surface area contributed by atoms with Crippen molar-refractivity contribution in [3.8, 4) is 11.6 Å². The van der Waals surface area contributed by atoms with Gasteiger partial charge in [-0.15, -0.1) is 21.8 Å². The third-order valence-corrected chi connectivity index (χ3v) is 3.30. The fraction of sp³-hybridized carbons (Fsp3) is 0.133. The third kappa shape index (κ3) is 2.56. The zero-order valence-electron chi connectivity index (χ0n) is 10.8. The normalized spacial score (nSPS) is 12.3. The molecular formula is C15H12ClN3O. The zero-order valence-corrected chi connectivity index (χ0v) is 11.6. The maximum Gasteiger partial charge on any atom is 0.266 e. The number of pyridine rings is 1. The molecule has 0 bridgehead atoms. The molecule has 0 fully saturated rings. The summed E-state index contributed by atoms with van der Waals surface area (Å²) in [5.41, 5.74) is 2.47. The van der Waals surface area contributed by atoms with E-state index in [-0.39, 0.29) is 0 Å². The van der Waals surface area contributed by atoms with Crippen molar-refractivity contribution in [1.29, 1.82) is 0 Å². The number of aromatic nitrogens is 3. The van der Waals surface area contributed by atoms with E-state index in [1.165, 1.54) is 0 Å². The van der Waals surface area contributed by atoms with Gasteiger partial charge in [0.25, 0.3) is 5.89 Å². The van der Waals surface area contributed by atoms with E-state index in [2.05, 4.69) is 15.2 Å². The summed E-state index contributed by atoms with van der Waals surface area (Å²) in [7, 11) is 0. The number of hydrogen-bond donors (Lipinski definition) is 0. The number of halogens is 1. The van der Waals surface area contributed by atoms with Crippen LogP contribution in [0.25, 0.3) is 11.6 Å². The molecule has 5 heteroatoms. The van der Waals surface area contributed by atoms with Crippen molar-refractivity contribution in [2.45, 2.75) is 12.3 Å². The molecule has 0 aliphatic heterocycles. The molecule has 100 valence electrons. The lowest BCUT2D eigenvalue weighted by Gasteiger charge is -2.03. The van der Waals surface area contributed by atoms with Crippen LogP contribution in [0.15, 0.2) is 52.9 Å². The van der Waals surface area contributed by atoms with E-state index < -0.39 is 5.38 Å². The first-order valence-electron chi connectivity index (χ1n) is 6.20. The van der Waals surface area contributed by atoms with Crippen LogP contribution in [0.4, 0.5) is 0 Å². The third-order valence-electron chi connectivity index (χ3n) is 2.86. The molecule has 0 aliphatic rings. The van der Waals surface area contributed by atoms with Crippen molar-refractivity contribution in [3.63, 3.8) is 0 Å². The topological polar surface area (TPSA) is 51.8 Å². The number of aryl methyl sites for hydroxylation is 1. The smallest absolute Gasteiger partial charge is 0.266 e. The minimum Gasteiger partial charge on any atom is -0.417 e. The largest absolute Gasteiger partial charge is 0.417 e. The van der Waals surface area contributed by atoms with Gasteiger partial charge in [0, 0.05) is 5.69 Å². The van der Waals surface area contributed by atoms with Crippen molar-refractivity contribution in [3.05, 3.63) is 65.7 Å². The first kappa shape index (κ1) is 12.8. The van der Waals surface area contributed by atoms with Crippen molar-refractivity contribution >= 4 is 11.6 Å². The highest BCUT2D eigenvalue weighted by molar-refractivity contribution is 6.22. The number of alkyl halides is 1. The van der Waals surface area contributed by atoms with Crippen molar-refractivity contribution in [2.24, 2.45) is 0 Å². The number of hydrogen-bond acceptors (Lipinski definition) is 4. The summed E-state index contributed by atoms with van der Waals surface area (Å²) in [5, 5.41) is 7.56. The Kier molecular flexibility index (Phi) is 3.48. The maximum atomic E-state index is 6.35. The van der Waals surface area contributed by atoms with Crippen LogP contribution < -0.4 is 0 Å². The average molecular weight is 286 g/mol. The van der Waals surface area contributed by atoms with Crippen LogP contribution in [0.3, 0.4) is 0 Å². The molecule has 2 heterocycles. The van der Waals surface area contributed by atoms with Crippen LogP contribution >= 0.6 is 11.6 Å². The standard InChI is InChI=1S/C15H12ClN3O/c1-10-6-5-9-12(17-10)14-18-19-15(20-14)13(16)11-7-3-2-4-8-11/h2-9,13H,1H3. The van der Waals surface area contributed by atoms with Crippen LogP contribution in [-0.2, 0) is 0 Å². The van der Waals surface area contributed by atoms with E-state index in [4.69, 9.17) is 16.0 Å². The van der Waals surface area contributed by atoms with Gasteiger partial charge in [-0.05, 0) is 24.6 Å². The fourth-order valence-electron chi connectivity index (χ4n) is 1.87. The second-order valence-electron chi connectivity index (χ2n) is 4.38. The Balaban J connectivity index is 1.91. The van der Waals surface area contributed by atoms with Crippen LogP contribution in [0, 0.1) is 6.92 Å². The summed E-state index contributed by atoms with van der Waals surface area (Å²) >= 11 is 6.35. The van der Waals surface area contributed by atoms with Gasteiger partial charge in [0.2, 0.25) is 5.89 Å². The quantitative estimate of drug-likeness (QED) is 0.687. The summed E-state index contributed by atoms with van der Waals surface area (Å²) in [6.07, 6.45) is 0. The van der Waals surface area contributed by atoms with Crippen molar-refractivity contribution < 1.29 is 4.42 Å². The lowest BCUT2D eigenvalue weighted by Crippen LogP contribution is -1.92. The van der Waals surface area contributed by atoms with E-state index in [0.29, 0.717) is 17.5 Å². The molecule has 1 atom stereocenters. The van der Waals surface area contributed by atoms with Gasteiger partial charge in [0.15, 0.2) is 0 Å². The second kappa shape index (κ2) is 5.43. The average Bonchev–Trinajstić information content (AvgIpc) is 2.97. The van der Waals surface area contributed by atoms with E-state index >= 15 is 0 Å². The molecule has 0 saturated carbocycles. The highest BCUT2D eigenvalue weighted by Gasteiger charge is 2.19. The summed E-state index contributed by atoms with van der Waals surface area (Å²) in [6.45, 7) is 1.91. The monoisotopic (exact) mass is 285 g/mol. The lowest BCUT2D eigenvalue weighted by atomic mass is 10.1. The van der Waals surface area contributed by atoms with Gasteiger partial charge >= 0.3 is 0 Å². The van der Waals surface area contributed by atoms with Gasteiger partial charge in [0.1, 0.15) is 11.1 Å². The number of rotatable bonds is 3. The maximum absolute atomic E-state index is 6.35. The summed E-state index contributed by atoms with van der Waals surface area (Å²) < 4.78 is 5.62. The SMILES string of the molecule is Cc1cccc(-c2nnc(C(Cl)c3ccccc3)o2)n1. The highest BCUT2D eigenvalue weighted by atomic mass is 35.5. The first-order chi connectivity index (χ1) is 9.74. The number of benzene rings is 1. The second-order valence-corrected chi connectivity index (χ2v) is 4.82. The summed E-state index contributed by atoms with van der Waals surface area (Å²) in [4.78, 5) is 4.35. The molecule has 0 N–H and O–H groups in total. The molecule has 1 aromatic carbocycles. The molecule has 3 rings (SSSR count). The van der Waals surface area contributed by atoms with Crippen LogP contribution in [0.5, 0.6) is 0 Å². The van der Waals surface area contributed by atoms with Gasteiger partial charge in [-0.25, -0.2) is 4.98 Å². The number of nitrogens with zero attached hydrogens (tertiary/aromatic N) is 3. The molecule has 1 unspecified atom stereocenters. The van der Waals surface area contributed by atoms with E-state index in [1.54, 1.807) is 0 Å². The molecule has 0 aliphatic carbocycles. The summed E-state index contributed by atoms with van der Waals surface area (Å²) in [6, 6.07) is 15.3. The fourth-order valence-corrected chi connectivity index (χ4v) is 2.10. The van der Waals surface area contributed by atoms with E-state index in [1.807, 2.05) is 55.5 Å². The van der Waals surface area contributed by atoms with Crippen LogP contribution in [0.1, 0.15) is 22.5 Å². The molecular weight excluding hydrogens is 274 g/mol. The molecule has 20 heavy (non-hydrogen) atoms. The van der Waals surface area contributed by atoms with Gasteiger partial charge in [-0.3, -0.25) is 0 Å². The molecule has 0 spiro atoms. The molecule has 3 aromatic rings. The Morgan fingerprint density at radius 3 is 2.55 bits per heavy atom. The molecule has 0 radical (unpaired) electrons. The predicted octanol–water partition coefficient (Wildman–Crippen LogP) is 3.77. The lowest BCUT2D eigenvalue weighted by molar-refractivity contribution is 0.511. The molecule has 2 aromatic heterocycles. The Morgan fingerprint density at radius 2 is 1.80 bits per heavy atom. The van der Waals surface area contributed by atoms with Gasteiger partial charge in [-0.1, -0.05) is 36.4 Å². The van der Waals surface area contributed by atoms with Crippen LogP contribution in [0.2, 0.25) is 0 Å². The minimum absolute atomic E-state index is 0.371. The highest BCUT2D eigenvalue weighted by Crippen LogP contribution is 2.29. The Hall–Kier alpha value is -2.20. The zero-order chi connectivity index (χ0) is 13.9. The molecule has 0 amide bonds. The Morgan fingerprint density at radius 1 is 1.00 bits per heavy atom. The first-order valence-corrected chi connectivity index (χ1v) is 6.64. The summed E-state index contributed by atoms with van der Waals surface area (Å²) in [5.74, 6) is 0.751. The van der Waals surface area contributed by atoms with Crippen molar-refractivity contribution in [1.82, 2.24) is 15.2 Å². The minimum atomic E-state index is -0.456. The van der Waals surface area contributed by atoms with E-state index in [9.17, 15) is 0 Å². The molecule has 0 saturated heterocycles.